The van der Waals surface area contributed by atoms with Crippen molar-refractivity contribution in [2.75, 3.05) is 26.2 Å². The van der Waals surface area contributed by atoms with Crippen molar-refractivity contribution in [3.8, 4) is 0 Å². The number of hydrogen-bond donors (Lipinski definition) is 0. The fraction of sp³-hybridized carbons (Fsp3) is 0.458. The van der Waals surface area contributed by atoms with E-state index < -0.39 is 0 Å². The van der Waals surface area contributed by atoms with Crippen LogP contribution in [0.15, 0.2) is 60.7 Å². The van der Waals surface area contributed by atoms with Gasteiger partial charge in [0.1, 0.15) is 0 Å². The number of ketones is 1. The smallest absolute Gasteiger partial charge is 0.162 e. The Morgan fingerprint density at radius 1 is 1.00 bits per heavy atom. The van der Waals surface area contributed by atoms with Crippen LogP contribution in [0.2, 0.25) is 0 Å². The van der Waals surface area contributed by atoms with Crippen LogP contribution in [-0.2, 0) is 10.3 Å². The third-order valence-corrected chi connectivity index (χ3v) is 5.52. The highest BCUT2D eigenvalue weighted by Gasteiger charge is 2.36. The maximum absolute atomic E-state index is 12.3. The van der Waals surface area contributed by atoms with E-state index in [1.807, 2.05) is 30.3 Å². The van der Waals surface area contributed by atoms with Crippen molar-refractivity contribution in [1.82, 2.24) is 4.90 Å². The third-order valence-electron chi connectivity index (χ3n) is 5.52. The Hall–Kier alpha value is -1.97. The summed E-state index contributed by atoms with van der Waals surface area (Å²) in [5.74, 6) is 0.248. The molecule has 27 heavy (non-hydrogen) atoms. The highest BCUT2D eigenvalue weighted by Crippen LogP contribution is 2.37. The summed E-state index contributed by atoms with van der Waals surface area (Å²) in [5, 5.41) is 0. The second kappa shape index (κ2) is 9.82. The lowest BCUT2D eigenvalue weighted by atomic mass is 9.84. The summed E-state index contributed by atoms with van der Waals surface area (Å²) in [6.07, 6.45) is 4.62. The molecule has 0 aliphatic carbocycles. The Labute approximate surface area is 163 Å². The van der Waals surface area contributed by atoms with Crippen molar-refractivity contribution in [1.29, 1.82) is 0 Å². The second-order valence-electron chi connectivity index (χ2n) is 7.44. The number of carbonyl (C=O) groups is 1. The fourth-order valence-electron chi connectivity index (χ4n) is 3.93. The van der Waals surface area contributed by atoms with Gasteiger partial charge in [0.15, 0.2) is 5.78 Å². The molecule has 2 aromatic rings. The highest BCUT2D eigenvalue weighted by molar-refractivity contribution is 5.95. The zero-order valence-corrected chi connectivity index (χ0v) is 16.4. The fourth-order valence-corrected chi connectivity index (χ4v) is 3.93. The molecule has 1 aliphatic heterocycles. The van der Waals surface area contributed by atoms with Crippen molar-refractivity contribution in [3.05, 3.63) is 71.8 Å². The van der Waals surface area contributed by atoms with E-state index in [1.165, 1.54) is 5.56 Å². The lowest BCUT2D eigenvalue weighted by Gasteiger charge is -2.42. The predicted molar refractivity (Wildman–Crippen MR) is 110 cm³/mol. The summed E-state index contributed by atoms with van der Waals surface area (Å²) >= 11 is 0. The van der Waals surface area contributed by atoms with Crippen LogP contribution in [0.25, 0.3) is 0 Å². The van der Waals surface area contributed by atoms with Crippen LogP contribution in [0.3, 0.4) is 0 Å². The summed E-state index contributed by atoms with van der Waals surface area (Å²) in [4.78, 5) is 14.7. The maximum atomic E-state index is 12.3. The van der Waals surface area contributed by atoms with Gasteiger partial charge in [-0.25, -0.2) is 0 Å². The van der Waals surface area contributed by atoms with Crippen LogP contribution in [0, 0.1) is 0 Å². The number of hydrogen-bond acceptors (Lipinski definition) is 3. The van der Waals surface area contributed by atoms with Crippen LogP contribution >= 0.6 is 0 Å². The molecule has 3 nitrogen and oxygen atoms in total. The molecule has 2 aromatic carbocycles. The van der Waals surface area contributed by atoms with E-state index in [2.05, 4.69) is 42.2 Å². The molecule has 1 fully saturated rings. The average molecular weight is 366 g/mol. The van der Waals surface area contributed by atoms with E-state index >= 15 is 0 Å². The molecule has 1 saturated heterocycles. The van der Waals surface area contributed by atoms with Gasteiger partial charge in [0, 0.05) is 31.7 Å². The Morgan fingerprint density at radius 3 is 2.26 bits per heavy atom. The van der Waals surface area contributed by atoms with E-state index in [0.717, 1.165) is 57.5 Å². The van der Waals surface area contributed by atoms with Gasteiger partial charge in [0.05, 0.1) is 5.60 Å². The van der Waals surface area contributed by atoms with Gasteiger partial charge in [-0.3, -0.25) is 4.79 Å². The highest BCUT2D eigenvalue weighted by atomic mass is 16.5. The zero-order chi connectivity index (χ0) is 19.0. The first-order chi connectivity index (χ1) is 13.2. The Morgan fingerprint density at radius 2 is 1.63 bits per heavy atom. The van der Waals surface area contributed by atoms with Crippen LogP contribution < -0.4 is 0 Å². The van der Waals surface area contributed by atoms with Crippen LogP contribution in [0.4, 0.5) is 0 Å². The lowest BCUT2D eigenvalue weighted by Crippen LogP contribution is -2.44. The van der Waals surface area contributed by atoms with Gasteiger partial charge < -0.3 is 9.64 Å². The molecular weight excluding hydrogens is 334 g/mol. The molecule has 0 atom stereocenters. The summed E-state index contributed by atoms with van der Waals surface area (Å²) in [6.45, 7) is 6.01. The van der Waals surface area contributed by atoms with Gasteiger partial charge in [-0.1, -0.05) is 67.6 Å². The van der Waals surface area contributed by atoms with Crippen molar-refractivity contribution in [2.24, 2.45) is 0 Å². The Balaban J connectivity index is 1.50. The zero-order valence-electron chi connectivity index (χ0n) is 16.4. The largest absolute Gasteiger partial charge is 0.370 e. The summed E-state index contributed by atoms with van der Waals surface area (Å²) in [7, 11) is 0. The number of ether oxygens (including phenoxy) is 1. The first-order valence-corrected chi connectivity index (χ1v) is 10.2. The molecule has 0 unspecified atom stereocenters. The number of nitrogens with zero attached hydrogens (tertiary/aromatic N) is 1. The summed E-state index contributed by atoms with van der Waals surface area (Å²) in [5.41, 5.74) is 1.98. The SMILES string of the molecule is CCCOC1(c2ccccc2)CCN(CCCC(=O)c2ccccc2)CC1. The molecule has 0 amide bonds. The molecule has 1 heterocycles. The number of piperidine rings is 1. The molecule has 0 radical (unpaired) electrons. The molecular formula is C24H31NO2. The monoisotopic (exact) mass is 365 g/mol. The Kier molecular flexibility index (Phi) is 7.19. The molecule has 0 N–H and O–H groups in total. The van der Waals surface area contributed by atoms with Crippen molar-refractivity contribution >= 4 is 5.78 Å². The van der Waals surface area contributed by atoms with Crippen molar-refractivity contribution < 1.29 is 9.53 Å². The van der Waals surface area contributed by atoms with Crippen LogP contribution in [0.5, 0.6) is 0 Å². The van der Waals surface area contributed by atoms with Gasteiger partial charge in [-0.05, 0) is 37.8 Å². The number of benzene rings is 2. The van der Waals surface area contributed by atoms with Gasteiger partial charge >= 0.3 is 0 Å². The number of rotatable bonds is 9. The molecule has 0 bridgehead atoms. The first-order valence-electron chi connectivity index (χ1n) is 10.2. The van der Waals surface area contributed by atoms with E-state index in [0.29, 0.717) is 6.42 Å². The normalized spacial score (nSPS) is 16.9. The minimum atomic E-state index is -0.145. The summed E-state index contributed by atoms with van der Waals surface area (Å²) in [6, 6.07) is 20.3. The van der Waals surface area contributed by atoms with Gasteiger partial charge in [-0.2, -0.15) is 0 Å². The quantitative estimate of drug-likeness (QED) is 0.581. The van der Waals surface area contributed by atoms with Crippen LogP contribution in [-0.4, -0.2) is 36.9 Å². The number of carbonyl (C=O) groups excluding carboxylic acids is 1. The van der Waals surface area contributed by atoms with Crippen molar-refractivity contribution in [3.63, 3.8) is 0 Å². The number of Topliss-reactive ketones (excluding diaryl/α,β-unsaturated/α-hetero) is 1. The van der Waals surface area contributed by atoms with Gasteiger partial charge in [0.2, 0.25) is 0 Å². The van der Waals surface area contributed by atoms with E-state index in [1.54, 1.807) is 0 Å². The molecule has 0 saturated carbocycles. The molecule has 1 aliphatic rings. The topological polar surface area (TPSA) is 29.5 Å². The van der Waals surface area contributed by atoms with E-state index in [4.69, 9.17) is 4.74 Å². The van der Waals surface area contributed by atoms with Gasteiger partial charge in [-0.15, -0.1) is 0 Å². The molecule has 0 spiro atoms. The third kappa shape index (κ3) is 5.27. The lowest BCUT2D eigenvalue weighted by molar-refractivity contribution is -0.0897. The molecule has 0 aromatic heterocycles. The molecule has 3 heteroatoms. The maximum Gasteiger partial charge on any atom is 0.162 e. The van der Waals surface area contributed by atoms with Crippen molar-refractivity contribution in [2.45, 2.75) is 44.6 Å². The standard InChI is InChI=1S/C24H31NO2/c1-2-20-27-24(22-12-7-4-8-13-22)15-18-25(19-16-24)17-9-14-23(26)21-10-5-3-6-11-21/h3-8,10-13H,2,9,14-20H2,1H3. The van der Waals surface area contributed by atoms with Gasteiger partial charge in [0.25, 0.3) is 0 Å². The summed E-state index contributed by atoms with van der Waals surface area (Å²) < 4.78 is 6.37. The van der Waals surface area contributed by atoms with Crippen LogP contribution in [0.1, 0.15) is 54.9 Å². The molecule has 3 rings (SSSR count). The van der Waals surface area contributed by atoms with E-state index in [9.17, 15) is 4.79 Å². The predicted octanol–water partition coefficient (Wildman–Crippen LogP) is 5.07. The Bertz CT molecular complexity index is 691. The minimum Gasteiger partial charge on any atom is -0.370 e. The molecule has 144 valence electrons. The van der Waals surface area contributed by atoms with E-state index in [-0.39, 0.29) is 11.4 Å². The minimum absolute atomic E-state index is 0.145. The number of likely N-dealkylation sites (tertiary alicyclic amines) is 1. The second-order valence-corrected chi connectivity index (χ2v) is 7.44. The average Bonchev–Trinajstić information content (AvgIpc) is 2.74. The first kappa shape index (κ1) is 19.8.